The van der Waals surface area contributed by atoms with E-state index in [-0.39, 0.29) is 42.6 Å². The van der Waals surface area contributed by atoms with E-state index in [0.29, 0.717) is 5.75 Å². The van der Waals surface area contributed by atoms with Crippen LogP contribution in [0.15, 0.2) is 18.2 Å². The first-order valence-corrected chi connectivity index (χ1v) is 12.1. The van der Waals surface area contributed by atoms with Crippen LogP contribution < -0.4 is 34.3 Å². The smallest absolute Gasteiger partial charge is 0.748 e. The fourth-order valence-electron chi connectivity index (χ4n) is 3.21. The summed E-state index contributed by atoms with van der Waals surface area (Å²) in [5.41, 5.74) is 2.49. The number of aryl methyl sites for hydroxylation is 2. The summed E-state index contributed by atoms with van der Waals surface area (Å²) in [5, 5.41) is -0.987. The van der Waals surface area contributed by atoms with E-state index in [4.69, 9.17) is 4.74 Å². The van der Waals surface area contributed by atoms with E-state index >= 15 is 0 Å². The van der Waals surface area contributed by atoms with Crippen LogP contribution >= 0.6 is 0 Å². The van der Waals surface area contributed by atoms with Crippen LogP contribution in [0, 0.1) is 0 Å². The molecule has 1 aromatic rings. The van der Waals surface area contributed by atoms with Crippen molar-refractivity contribution in [1.29, 1.82) is 0 Å². The molecule has 0 aliphatic rings. The van der Waals surface area contributed by atoms with Gasteiger partial charge in [-0.3, -0.25) is 0 Å². The maximum absolute atomic E-state index is 11.3. The van der Waals surface area contributed by atoms with Crippen LogP contribution in [0.3, 0.4) is 0 Å². The molecule has 0 aromatic heterocycles. The van der Waals surface area contributed by atoms with Crippen LogP contribution in [-0.4, -0.2) is 24.8 Å². The Morgan fingerprint density at radius 3 is 1.75 bits per heavy atom. The Hall–Kier alpha value is -0.0700. The molecule has 0 fully saturated rings. The van der Waals surface area contributed by atoms with Gasteiger partial charge in [0.15, 0.2) is 0 Å². The van der Waals surface area contributed by atoms with Crippen molar-refractivity contribution in [3.8, 4) is 5.75 Å². The van der Waals surface area contributed by atoms with E-state index in [1.54, 1.807) is 6.92 Å². The van der Waals surface area contributed by atoms with Gasteiger partial charge in [-0.15, -0.1) is 0 Å². The molecule has 0 aliphatic heterocycles. The normalized spacial score (nSPS) is 12.4. The second-order valence-corrected chi connectivity index (χ2v) is 9.09. The minimum atomic E-state index is -4.32. The van der Waals surface area contributed by atoms with Crippen LogP contribution in [0.5, 0.6) is 5.75 Å². The van der Waals surface area contributed by atoms with Crippen molar-refractivity contribution in [2.45, 2.75) is 96.7 Å². The minimum absolute atomic E-state index is 0. The van der Waals surface area contributed by atoms with E-state index < -0.39 is 15.4 Å². The van der Waals surface area contributed by atoms with Gasteiger partial charge >= 0.3 is 29.6 Å². The first kappa shape index (κ1) is 27.9. The fourth-order valence-corrected chi connectivity index (χ4v) is 3.85. The summed E-state index contributed by atoms with van der Waals surface area (Å²) in [5.74, 6) is 0.690. The number of hydrogen-bond donors (Lipinski definition) is 0. The molecule has 1 unspecified atom stereocenters. The van der Waals surface area contributed by atoms with Gasteiger partial charge in [-0.2, -0.15) is 0 Å². The Morgan fingerprint density at radius 1 is 0.857 bits per heavy atom. The van der Waals surface area contributed by atoms with Gasteiger partial charge < -0.3 is 9.29 Å². The molecule has 1 rings (SSSR count). The van der Waals surface area contributed by atoms with Gasteiger partial charge in [-0.05, 0) is 55.4 Å². The van der Waals surface area contributed by atoms with Crippen LogP contribution in [0.2, 0.25) is 0 Å². The molecule has 4 nitrogen and oxygen atoms in total. The van der Waals surface area contributed by atoms with E-state index in [1.807, 2.05) is 12.1 Å². The second-order valence-electron chi connectivity index (χ2n) is 7.44. The van der Waals surface area contributed by atoms with Crippen LogP contribution in [0.1, 0.15) is 89.7 Å². The first-order chi connectivity index (χ1) is 12.9. The number of ether oxygens (including phenoxy) is 1. The predicted octanol–water partition coefficient (Wildman–Crippen LogP) is 2.64. The Kier molecular flexibility index (Phi) is 15.7. The van der Waals surface area contributed by atoms with Gasteiger partial charge in [0.1, 0.15) is 22.5 Å². The van der Waals surface area contributed by atoms with Gasteiger partial charge in [-0.25, -0.2) is 8.42 Å². The molecule has 0 aliphatic carbocycles. The zero-order valence-corrected chi connectivity index (χ0v) is 21.2. The number of benzene rings is 1. The third-order valence-electron chi connectivity index (χ3n) is 4.96. The van der Waals surface area contributed by atoms with Crippen molar-refractivity contribution in [2.75, 3.05) is 6.61 Å². The quantitative estimate of drug-likeness (QED) is 0.249. The van der Waals surface area contributed by atoms with Crippen LogP contribution in [0.4, 0.5) is 0 Å². The maximum Gasteiger partial charge on any atom is 1.00 e. The van der Waals surface area contributed by atoms with Crippen LogP contribution in [-0.2, 0) is 23.0 Å². The van der Waals surface area contributed by atoms with Gasteiger partial charge in [0.25, 0.3) is 0 Å². The molecular weight excluding hydrogens is 383 g/mol. The number of rotatable bonds is 15. The third kappa shape index (κ3) is 11.8. The summed E-state index contributed by atoms with van der Waals surface area (Å²) in [6.07, 6.45) is 12.0. The number of unbranched alkanes of at least 4 members (excludes halogenated alkanes) is 6. The second kappa shape index (κ2) is 15.7. The van der Waals surface area contributed by atoms with E-state index in [0.717, 1.165) is 25.7 Å². The summed E-state index contributed by atoms with van der Waals surface area (Å²) in [6, 6.07) is 6.27. The molecule has 0 N–H and O–H groups in total. The monoisotopic (exact) mass is 420 g/mol. The van der Waals surface area contributed by atoms with Crippen LogP contribution in [0.25, 0.3) is 0 Å². The first-order valence-electron chi connectivity index (χ1n) is 10.6. The summed E-state index contributed by atoms with van der Waals surface area (Å²) in [6.45, 7) is 6.04. The van der Waals surface area contributed by atoms with Gasteiger partial charge in [0.05, 0.1) is 5.25 Å². The topological polar surface area (TPSA) is 66.4 Å². The molecule has 0 saturated carbocycles. The van der Waals surface area contributed by atoms with Gasteiger partial charge in [0, 0.05) is 0 Å². The van der Waals surface area contributed by atoms with E-state index in [9.17, 15) is 13.0 Å². The van der Waals surface area contributed by atoms with Crippen molar-refractivity contribution in [2.24, 2.45) is 0 Å². The largest absolute Gasteiger partial charge is 1.00 e. The van der Waals surface area contributed by atoms with Gasteiger partial charge in [-0.1, -0.05) is 65.4 Å². The summed E-state index contributed by atoms with van der Waals surface area (Å²) < 4.78 is 39.6. The average Bonchev–Trinajstić information content (AvgIpc) is 2.62. The zero-order valence-electron chi connectivity index (χ0n) is 18.3. The molecule has 28 heavy (non-hydrogen) atoms. The molecule has 6 heteroatoms. The molecular formula is C22H37NaO4S. The Balaban J connectivity index is 0.00000729. The van der Waals surface area contributed by atoms with Crippen molar-refractivity contribution >= 4 is 10.1 Å². The molecule has 1 atom stereocenters. The molecule has 156 valence electrons. The zero-order chi connectivity index (χ0) is 20.1. The van der Waals surface area contributed by atoms with Crippen molar-refractivity contribution in [1.82, 2.24) is 0 Å². The molecule has 0 radical (unpaired) electrons. The number of hydrogen-bond acceptors (Lipinski definition) is 4. The minimum Gasteiger partial charge on any atom is -0.748 e. The molecule has 0 saturated heterocycles. The fraction of sp³-hybridized carbons (Fsp3) is 0.727. The van der Waals surface area contributed by atoms with Crippen molar-refractivity contribution < 1.29 is 47.3 Å². The molecule has 0 spiro atoms. The summed E-state index contributed by atoms with van der Waals surface area (Å²) >= 11 is 0. The van der Waals surface area contributed by atoms with Crippen molar-refractivity contribution in [3.63, 3.8) is 0 Å². The van der Waals surface area contributed by atoms with E-state index in [1.165, 1.54) is 49.7 Å². The van der Waals surface area contributed by atoms with Crippen molar-refractivity contribution in [3.05, 3.63) is 29.3 Å². The van der Waals surface area contributed by atoms with Gasteiger partial charge in [0.2, 0.25) is 0 Å². The maximum atomic E-state index is 11.3. The van der Waals surface area contributed by atoms with E-state index in [2.05, 4.69) is 19.9 Å². The molecule has 0 bridgehead atoms. The molecule has 0 heterocycles. The summed E-state index contributed by atoms with van der Waals surface area (Å²) in [4.78, 5) is 0. The Labute approximate surface area is 194 Å². The molecule has 1 aromatic carbocycles. The third-order valence-corrected chi connectivity index (χ3v) is 6.25. The SMILES string of the molecule is CCCCCCc1cc(CCCCCC)cc(OCC(CC)S(=O)(=O)[O-])c1.[Na+]. The Bertz CT molecular complexity index is 601. The standard InChI is InChI=1S/C22H38O4S.Na/c1-4-7-9-11-13-19-15-20(14-12-10-8-5-2)17-21(16-19)26-18-22(6-3)27(23,24)25;/h15-17,22H,4-14,18H2,1-3H3,(H,23,24,25);/q;+1/p-1. The predicted molar refractivity (Wildman–Crippen MR) is 111 cm³/mol. The molecule has 0 amide bonds. The average molecular weight is 421 g/mol. The summed E-state index contributed by atoms with van der Waals surface area (Å²) in [7, 11) is -4.32. The Morgan fingerprint density at radius 2 is 1.36 bits per heavy atom.